The minimum atomic E-state index is -0.412. The Morgan fingerprint density at radius 3 is 2.61 bits per heavy atom. The highest BCUT2D eigenvalue weighted by atomic mass is 32.1. The molecule has 3 aromatic rings. The Balaban J connectivity index is 2.13. The molecule has 23 heavy (non-hydrogen) atoms. The van der Waals surface area contributed by atoms with Crippen LogP contribution in [0.2, 0.25) is 0 Å². The number of benzene rings is 1. The molecule has 1 atom stereocenters. The molecule has 0 saturated carbocycles. The van der Waals surface area contributed by atoms with Gasteiger partial charge >= 0.3 is 0 Å². The van der Waals surface area contributed by atoms with E-state index in [2.05, 4.69) is 9.97 Å². The first-order valence-electron chi connectivity index (χ1n) is 6.98. The van der Waals surface area contributed by atoms with Crippen molar-refractivity contribution in [2.24, 2.45) is 5.73 Å². The van der Waals surface area contributed by atoms with Crippen LogP contribution in [-0.2, 0) is 0 Å². The summed E-state index contributed by atoms with van der Waals surface area (Å²) < 4.78 is 0. The summed E-state index contributed by atoms with van der Waals surface area (Å²) >= 11 is 1.50. The highest BCUT2D eigenvalue weighted by molar-refractivity contribution is 7.15. The molecule has 116 valence electrons. The number of nitro benzene ring substituents is 1. The van der Waals surface area contributed by atoms with E-state index < -0.39 is 4.92 Å². The normalized spacial score (nSPS) is 12.1. The maximum absolute atomic E-state index is 11.0. The molecule has 0 aliphatic heterocycles. The van der Waals surface area contributed by atoms with E-state index in [1.54, 1.807) is 18.5 Å². The first kappa shape index (κ1) is 15.3. The first-order chi connectivity index (χ1) is 11.1. The zero-order valence-corrected chi connectivity index (χ0v) is 13.2. The number of hydrogen-bond donors (Lipinski definition) is 1. The molecule has 3 rings (SSSR count). The lowest BCUT2D eigenvalue weighted by Gasteiger charge is -2.05. The van der Waals surface area contributed by atoms with Crippen molar-refractivity contribution >= 4 is 17.0 Å². The smallest absolute Gasteiger partial charge is 0.270 e. The number of pyridine rings is 1. The van der Waals surface area contributed by atoms with E-state index in [9.17, 15) is 10.1 Å². The fourth-order valence-electron chi connectivity index (χ4n) is 2.23. The van der Waals surface area contributed by atoms with Gasteiger partial charge in [-0.15, -0.1) is 11.3 Å². The molecule has 0 bridgehead atoms. The zero-order chi connectivity index (χ0) is 16.4. The lowest BCUT2D eigenvalue weighted by Crippen LogP contribution is -2.04. The standard InChI is InChI=1S/C16H14N4O2S/c1-10(17)15-14(12-3-2-4-13(9-12)20(21)22)19-16(23-15)11-5-7-18-8-6-11/h2-10H,17H2,1H3. The van der Waals surface area contributed by atoms with Gasteiger partial charge in [-0.1, -0.05) is 12.1 Å². The number of thiazole rings is 1. The van der Waals surface area contributed by atoms with Crippen molar-refractivity contribution < 1.29 is 4.92 Å². The fraction of sp³-hybridized carbons (Fsp3) is 0.125. The quantitative estimate of drug-likeness (QED) is 0.581. The monoisotopic (exact) mass is 326 g/mol. The molecule has 6 nitrogen and oxygen atoms in total. The number of nitrogens with zero attached hydrogens (tertiary/aromatic N) is 3. The molecule has 0 saturated heterocycles. The first-order valence-corrected chi connectivity index (χ1v) is 7.79. The summed E-state index contributed by atoms with van der Waals surface area (Å²) in [5.41, 5.74) is 8.44. The molecular formula is C16H14N4O2S. The minimum Gasteiger partial charge on any atom is -0.323 e. The van der Waals surface area contributed by atoms with Gasteiger partial charge in [0, 0.05) is 46.6 Å². The number of aromatic nitrogens is 2. The van der Waals surface area contributed by atoms with Gasteiger partial charge in [0.2, 0.25) is 0 Å². The minimum absolute atomic E-state index is 0.0385. The maximum Gasteiger partial charge on any atom is 0.270 e. The Kier molecular flexibility index (Phi) is 4.14. The van der Waals surface area contributed by atoms with E-state index in [0.29, 0.717) is 11.3 Å². The van der Waals surface area contributed by atoms with Crippen molar-refractivity contribution in [2.45, 2.75) is 13.0 Å². The Morgan fingerprint density at radius 2 is 1.96 bits per heavy atom. The third-order valence-electron chi connectivity index (χ3n) is 3.32. The predicted octanol–water partition coefficient (Wildman–Crippen LogP) is 3.80. The number of rotatable bonds is 4. The van der Waals surface area contributed by atoms with Crippen molar-refractivity contribution in [1.82, 2.24) is 9.97 Å². The molecule has 1 unspecified atom stereocenters. The van der Waals surface area contributed by atoms with Crippen LogP contribution in [0.5, 0.6) is 0 Å². The molecule has 2 N–H and O–H groups in total. The van der Waals surface area contributed by atoms with Crippen molar-refractivity contribution in [3.05, 3.63) is 63.8 Å². The van der Waals surface area contributed by atoms with Crippen molar-refractivity contribution in [3.8, 4) is 21.8 Å². The molecule has 0 amide bonds. The van der Waals surface area contributed by atoms with Gasteiger partial charge < -0.3 is 5.73 Å². The molecule has 0 fully saturated rings. The average molecular weight is 326 g/mol. The van der Waals surface area contributed by atoms with Gasteiger partial charge in [0.15, 0.2) is 0 Å². The van der Waals surface area contributed by atoms with Crippen LogP contribution in [0, 0.1) is 10.1 Å². The second kappa shape index (κ2) is 6.23. The number of non-ortho nitro benzene ring substituents is 1. The molecule has 2 heterocycles. The molecule has 2 aromatic heterocycles. The van der Waals surface area contributed by atoms with Gasteiger partial charge in [0.1, 0.15) is 5.01 Å². The molecule has 0 aliphatic rings. The van der Waals surface area contributed by atoms with Crippen LogP contribution in [-0.4, -0.2) is 14.9 Å². The lowest BCUT2D eigenvalue weighted by atomic mass is 10.1. The van der Waals surface area contributed by atoms with Gasteiger partial charge in [-0.3, -0.25) is 15.1 Å². The van der Waals surface area contributed by atoms with E-state index in [1.165, 1.54) is 23.5 Å². The van der Waals surface area contributed by atoms with Gasteiger partial charge in [0.05, 0.1) is 10.6 Å². The van der Waals surface area contributed by atoms with Gasteiger partial charge in [0.25, 0.3) is 5.69 Å². The summed E-state index contributed by atoms with van der Waals surface area (Å²) in [5, 5.41) is 11.8. The van der Waals surface area contributed by atoms with Crippen LogP contribution in [0.1, 0.15) is 17.8 Å². The van der Waals surface area contributed by atoms with Gasteiger partial charge in [-0.25, -0.2) is 4.98 Å². The topological polar surface area (TPSA) is 94.9 Å². The average Bonchev–Trinajstić information content (AvgIpc) is 3.01. The van der Waals surface area contributed by atoms with E-state index in [4.69, 9.17) is 5.73 Å². The zero-order valence-electron chi connectivity index (χ0n) is 12.3. The molecule has 0 radical (unpaired) electrons. The predicted molar refractivity (Wildman–Crippen MR) is 90.0 cm³/mol. The van der Waals surface area contributed by atoms with Gasteiger partial charge in [-0.2, -0.15) is 0 Å². The third kappa shape index (κ3) is 3.10. The maximum atomic E-state index is 11.0. The van der Waals surface area contributed by atoms with E-state index >= 15 is 0 Å². The molecule has 0 aliphatic carbocycles. The molecule has 0 spiro atoms. The van der Waals surface area contributed by atoms with Crippen molar-refractivity contribution in [3.63, 3.8) is 0 Å². The lowest BCUT2D eigenvalue weighted by molar-refractivity contribution is -0.384. The van der Waals surface area contributed by atoms with E-state index in [1.807, 2.05) is 25.1 Å². The van der Waals surface area contributed by atoms with Crippen molar-refractivity contribution in [2.75, 3.05) is 0 Å². The van der Waals surface area contributed by atoms with Crippen LogP contribution in [0.3, 0.4) is 0 Å². The summed E-state index contributed by atoms with van der Waals surface area (Å²) in [5.74, 6) is 0. The molecular weight excluding hydrogens is 312 g/mol. The fourth-order valence-corrected chi connectivity index (χ4v) is 3.28. The second-order valence-corrected chi connectivity index (χ2v) is 6.09. The second-order valence-electron chi connectivity index (χ2n) is 5.06. The van der Waals surface area contributed by atoms with Crippen LogP contribution in [0.4, 0.5) is 5.69 Å². The van der Waals surface area contributed by atoms with Crippen LogP contribution < -0.4 is 5.73 Å². The number of nitro groups is 1. The largest absolute Gasteiger partial charge is 0.323 e. The van der Waals surface area contributed by atoms with Crippen molar-refractivity contribution in [1.29, 1.82) is 0 Å². The summed E-state index contributed by atoms with van der Waals surface area (Å²) in [7, 11) is 0. The Hall–Kier alpha value is -2.64. The van der Waals surface area contributed by atoms with Crippen LogP contribution in [0.15, 0.2) is 48.8 Å². The highest BCUT2D eigenvalue weighted by Crippen LogP contribution is 2.37. The number of nitrogens with two attached hydrogens (primary N) is 1. The number of hydrogen-bond acceptors (Lipinski definition) is 6. The Morgan fingerprint density at radius 1 is 1.22 bits per heavy atom. The van der Waals surface area contributed by atoms with Crippen LogP contribution in [0.25, 0.3) is 21.8 Å². The summed E-state index contributed by atoms with van der Waals surface area (Å²) in [6.07, 6.45) is 3.41. The molecule has 7 heteroatoms. The SMILES string of the molecule is CC(N)c1sc(-c2ccncc2)nc1-c1cccc([N+](=O)[O-])c1. The van der Waals surface area contributed by atoms with Crippen LogP contribution >= 0.6 is 11.3 Å². The summed E-state index contributed by atoms with van der Waals surface area (Å²) in [4.78, 5) is 20.1. The van der Waals surface area contributed by atoms with Gasteiger partial charge in [-0.05, 0) is 19.1 Å². The summed E-state index contributed by atoms with van der Waals surface area (Å²) in [6.45, 7) is 1.88. The summed E-state index contributed by atoms with van der Waals surface area (Å²) in [6, 6.07) is 10.00. The van der Waals surface area contributed by atoms with E-state index in [-0.39, 0.29) is 11.7 Å². The molecule has 1 aromatic carbocycles. The van der Waals surface area contributed by atoms with E-state index in [0.717, 1.165) is 15.4 Å². The Bertz CT molecular complexity index is 846. The Labute approximate surface area is 136 Å². The highest BCUT2D eigenvalue weighted by Gasteiger charge is 2.18. The third-order valence-corrected chi connectivity index (χ3v) is 4.63.